The maximum Gasteiger partial charge on any atom is 0.425 e. The van der Waals surface area contributed by atoms with Crippen molar-refractivity contribution in [2.45, 2.75) is 39.0 Å². The molecule has 0 aliphatic rings. The van der Waals surface area contributed by atoms with E-state index in [2.05, 4.69) is 13.8 Å². The predicted molar refractivity (Wildman–Crippen MR) is 86.0 cm³/mol. The van der Waals surface area contributed by atoms with Gasteiger partial charge < -0.3 is 18.3 Å². The molecule has 0 saturated heterocycles. The Kier molecular flexibility index (Phi) is 12.2. The third-order valence-corrected chi connectivity index (χ3v) is 3.19. The van der Waals surface area contributed by atoms with Gasteiger partial charge in [-0.1, -0.05) is 26.0 Å². The Morgan fingerprint density at radius 1 is 1.20 bits per heavy atom. The normalized spacial score (nSPS) is 11.2. The van der Waals surface area contributed by atoms with E-state index in [0.29, 0.717) is 11.7 Å². The minimum absolute atomic E-state index is 0.0213. The summed E-state index contributed by atoms with van der Waals surface area (Å²) in [7, 11) is -3.11. The van der Waals surface area contributed by atoms with E-state index in [-0.39, 0.29) is 26.1 Å². The number of benzene rings is 1. The molecular weight excluding hydrogens is 358 g/mol. The molecule has 1 atom stereocenters. The molecule has 0 aromatic heterocycles. The molecule has 0 radical (unpaired) electrons. The number of carbonyl (C=O) groups is 1. The van der Waals surface area contributed by atoms with E-state index in [0.717, 1.165) is 6.42 Å². The van der Waals surface area contributed by atoms with Crippen molar-refractivity contribution in [3.8, 4) is 5.75 Å². The lowest BCUT2D eigenvalue weighted by Gasteiger charge is -2.12. The second kappa shape index (κ2) is 13.3. The van der Waals surface area contributed by atoms with Crippen LogP contribution in [0.5, 0.6) is 5.75 Å². The summed E-state index contributed by atoms with van der Waals surface area (Å²) >= 11 is 0. The maximum absolute atomic E-state index is 11.8. The first-order valence-corrected chi connectivity index (χ1v) is 8.58. The highest BCUT2D eigenvalue weighted by molar-refractivity contribution is 7.59. The van der Waals surface area contributed by atoms with Crippen molar-refractivity contribution in [2.24, 2.45) is 0 Å². The number of rotatable bonds is 9. The van der Waals surface area contributed by atoms with Crippen molar-refractivity contribution in [1.82, 2.24) is 0 Å². The monoisotopic (exact) mass is 379 g/mol. The van der Waals surface area contributed by atoms with Crippen LogP contribution in [-0.2, 0) is 20.1 Å². The SMILES string of the molecule is CCC(C)c1ccc(OCC(=O)OCCC[C-](F)F)cc1.O=S(=O)=O. The van der Waals surface area contributed by atoms with Gasteiger partial charge in [0.1, 0.15) is 5.75 Å². The Hall–Kier alpha value is -2.03. The molecule has 6 nitrogen and oxygen atoms in total. The van der Waals surface area contributed by atoms with Crippen molar-refractivity contribution in [1.29, 1.82) is 0 Å². The molecule has 0 spiro atoms. The Labute approximate surface area is 147 Å². The molecule has 0 aliphatic heterocycles. The van der Waals surface area contributed by atoms with Crippen molar-refractivity contribution in [3.05, 3.63) is 36.3 Å². The summed E-state index contributed by atoms with van der Waals surface area (Å²) in [6.07, 6.45) is -0.810. The van der Waals surface area contributed by atoms with Gasteiger partial charge in [0.25, 0.3) is 0 Å². The van der Waals surface area contributed by atoms with Crippen molar-refractivity contribution in [3.63, 3.8) is 0 Å². The van der Waals surface area contributed by atoms with Crippen LogP contribution in [0.4, 0.5) is 8.78 Å². The first-order chi connectivity index (χ1) is 11.8. The number of esters is 1. The molecule has 142 valence electrons. The van der Waals surface area contributed by atoms with Gasteiger partial charge in [-0.2, -0.15) is 0 Å². The summed E-state index contributed by atoms with van der Waals surface area (Å²) in [5.74, 6) is 0.513. The standard InChI is InChI=1S/C16H21F2O3.O3S/c1-3-12(2)13-6-8-14(9-7-13)21-11-16(19)20-10-4-5-15(17)18;1-4(2)3/h6-9,12H,3-5,10-11H2,1-2H3;/q-1;. The van der Waals surface area contributed by atoms with Crippen molar-refractivity contribution in [2.75, 3.05) is 13.2 Å². The maximum atomic E-state index is 11.8. The number of hydrogen-bond acceptors (Lipinski definition) is 6. The average molecular weight is 379 g/mol. The van der Waals surface area contributed by atoms with Crippen LogP contribution in [-0.4, -0.2) is 31.8 Å². The number of ether oxygens (including phenoxy) is 2. The lowest BCUT2D eigenvalue weighted by molar-refractivity contribution is -0.146. The Bertz CT molecular complexity index is 594. The van der Waals surface area contributed by atoms with Gasteiger partial charge in [-0.3, -0.25) is 0 Å². The van der Waals surface area contributed by atoms with E-state index >= 15 is 0 Å². The van der Waals surface area contributed by atoms with Gasteiger partial charge in [0.15, 0.2) is 6.61 Å². The largest absolute Gasteiger partial charge is 0.482 e. The van der Waals surface area contributed by atoms with Gasteiger partial charge in [-0.15, -0.1) is 19.0 Å². The second-order valence-corrected chi connectivity index (χ2v) is 5.44. The zero-order valence-electron chi connectivity index (χ0n) is 14.0. The number of carbonyl (C=O) groups excluding carboxylic acids is 1. The molecule has 0 N–H and O–H groups in total. The van der Waals surface area contributed by atoms with E-state index in [1.807, 2.05) is 24.3 Å². The van der Waals surface area contributed by atoms with E-state index < -0.39 is 23.0 Å². The summed E-state index contributed by atoms with van der Waals surface area (Å²) in [6, 6.07) is 7.55. The third-order valence-electron chi connectivity index (χ3n) is 3.19. The van der Waals surface area contributed by atoms with Crippen LogP contribution in [0.25, 0.3) is 0 Å². The van der Waals surface area contributed by atoms with E-state index in [9.17, 15) is 13.6 Å². The first-order valence-electron chi connectivity index (χ1n) is 7.58. The highest BCUT2D eigenvalue weighted by Crippen LogP contribution is 2.21. The molecule has 0 amide bonds. The molecule has 1 rings (SSSR count). The lowest BCUT2D eigenvalue weighted by Crippen LogP contribution is -2.15. The van der Waals surface area contributed by atoms with Crippen LogP contribution in [0.1, 0.15) is 44.6 Å². The molecule has 0 saturated carbocycles. The molecule has 0 fully saturated rings. The third kappa shape index (κ3) is 13.0. The van der Waals surface area contributed by atoms with E-state index in [1.165, 1.54) is 5.56 Å². The highest BCUT2D eigenvalue weighted by Gasteiger charge is 2.06. The van der Waals surface area contributed by atoms with Crippen molar-refractivity contribution >= 4 is 16.6 Å². The molecule has 1 aromatic rings. The summed E-state index contributed by atoms with van der Waals surface area (Å²) in [6.45, 7) is 4.03. The van der Waals surface area contributed by atoms with Gasteiger partial charge in [0.05, 0.1) is 6.61 Å². The second-order valence-electron chi connectivity index (χ2n) is 5.03. The number of hydrogen-bond donors (Lipinski definition) is 0. The average Bonchev–Trinajstić information content (AvgIpc) is 2.56. The Morgan fingerprint density at radius 3 is 2.24 bits per heavy atom. The van der Waals surface area contributed by atoms with Crippen LogP contribution in [0.15, 0.2) is 24.3 Å². The van der Waals surface area contributed by atoms with Gasteiger partial charge in [0, 0.05) is 6.43 Å². The molecule has 1 unspecified atom stereocenters. The van der Waals surface area contributed by atoms with Gasteiger partial charge in [0.2, 0.25) is 0 Å². The molecule has 0 bridgehead atoms. The molecule has 25 heavy (non-hydrogen) atoms. The zero-order valence-corrected chi connectivity index (χ0v) is 14.9. The van der Waals surface area contributed by atoms with Crippen LogP contribution < -0.4 is 4.74 Å². The fourth-order valence-electron chi connectivity index (χ4n) is 1.70. The number of halogens is 2. The van der Waals surface area contributed by atoms with Gasteiger partial charge >= 0.3 is 16.6 Å². The summed E-state index contributed by atoms with van der Waals surface area (Å²) < 4.78 is 59.0. The summed E-state index contributed by atoms with van der Waals surface area (Å²) in [5.41, 5.74) is 1.22. The van der Waals surface area contributed by atoms with Crippen LogP contribution in [0, 0.1) is 6.43 Å². The topological polar surface area (TPSA) is 86.7 Å². The minimum Gasteiger partial charge on any atom is -0.482 e. The fourth-order valence-corrected chi connectivity index (χ4v) is 1.70. The molecule has 0 heterocycles. The minimum atomic E-state index is -3.11. The summed E-state index contributed by atoms with van der Waals surface area (Å²) in [4.78, 5) is 11.3. The Balaban J connectivity index is 0.00000129. The van der Waals surface area contributed by atoms with Crippen molar-refractivity contribution < 1.29 is 35.7 Å². The predicted octanol–water partition coefficient (Wildman–Crippen LogP) is 3.33. The molecule has 0 aliphatic carbocycles. The first kappa shape index (κ1) is 23.0. The quantitative estimate of drug-likeness (QED) is 0.372. The molecular formula is C16H21F2O6S-. The highest BCUT2D eigenvalue weighted by atomic mass is 32.2. The van der Waals surface area contributed by atoms with Gasteiger partial charge in [-0.05, 0) is 36.5 Å². The zero-order chi connectivity index (χ0) is 19.2. The smallest absolute Gasteiger partial charge is 0.425 e. The van der Waals surface area contributed by atoms with E-state index in [1.54, 1.807) is 0 Å². The van der Waals surface area contributed by atoms with E-state index in [4.69, 9.17) is 22.1 Å². The molecule has 9 heteroatoms. The van der Waals surface area contributed by atoms with Crippen LogP contribution in [0.2, 0.25) is 0 Å². The van der Waals surface area contributed by atoms with Crippen LogP contribution in [0.3, 0.4) is 0 Å². The van der Waals surface area contributed by atoms with Crippen LogP contribution >= 0.6 is 0 Å². The fraction of sp³-hybridized carbons (Fsp3) is 0.500. The summed E-state index contributed by atoms with van der Waals surface area (Å²) in [5, 5.41) is 0. The lowest BCUT2D eigenvalue weighted by atomic mass is 9.99. The Morgan fingerprint density at radius 2 is 1.76 bits per heavy atom. The van der Waals surface area contributed by atoms with Gasteiger partial charge in [-0.25, -0.2) is 4.79 Å². The molecule has 1 aromatic carbocycles.